The van der Waals surface area contributed by atoms with Crippen LogP contribution in [0.4, 0.5) is 18.9 Å². The van der Waals surface area contributed by atoms with Crippen LogP contribution in [-0.2, 0) is 11.0 Å². The van der Waals surface area contributed by atoms with Crippen molar-refractivity contribution < 1.29 is 18.0 Å². The molecule has 0 spiro atoms. The topological polar surface area (TPSA) is 42.0 Å². The molecule has 0 aliphatic carbocycles. The number of carbonyl (C=O) groups is 1. The fourth-order valence-corrected chi connectivity index (χ4v) is 0.992. The molecule has 1 atom stereocenters. The van der Waals surface area contributed by atoms with Crippen LogP contribution >= 0.6 is 15.9 Å². The lowest BCUT2D eigenvalue weighted by atomic mass is 10.3. The molecule has 1 aromatic heterocycles. The zero-order chi connectivity index (χ0) is 12.3. The van der Waals surface area contributed by atoms with Crippen LogP contribution in [0.15, 0.2) is 18.3 Å². The molecule has 1 unspecified atom stereocenters. The summed E-state index contributed by atoms with van der Waals surface area (Å²) in [5.74, 6) is -0.346. The van der Waals surface area contributed by atoms with E-state index in [-0.39, 0.29) is 11.6 Å². The van der Waals surface area contributed by atoms with Gasteiger partial charge in [0, 0.05) is 0 Å². The smallest absolute Gasteiger partial charge is 0.324 e. The number of amides is 1. The maximum Gasteiger partial charge on any atom is 0.433 e. The van der Waals surface area contributed by atoms with Gasteiger partial charge in [-0.2, -0.15) is 13.2 Å². The van der Waals surface area contributed by atoms with E-state index in [9.17, 15) is 18.0 Å². The van der Waals surface area contributed by atoms with Crippen molar-refractivity contribution in [1.29, 1.82) is 0 Å². The van der Waals surface area contributed by atoms with E-state index >= 15 is 0 Å². The quantitative estimate of drug-likeness (QED) is 0.853. The molecular weight excluding hydrogens is 289 g/mol. The van der Waals surface area contributed by atoms with Crippen LogP contribution in [0.2, 0.25) is 0 Å². The third kappa shape index (κ3) is 3.48. The molecular formula is C9H8BrF3N2O. The highest BCUT2D eigenvalue weighted by Gasteiger charge is 2.32. The molecule has 0 saturated heterocycles. The molecule has 0 aliphatic rings. The van der Waals surface area contributed by atoms with Crippen molar-refractivity contribution in [2.24, 2.45) is 0 Å². The van der Waals surface area contributed by atoms with Gasteiger partial charge >= 0.3 is 6.18 Å². The fourth-order valence-electron chi connectivity index (χ4n) is 0.877. The molecule has 0 aliphatic heterocycles. The molecule has 3 nitrogen and oxygen atoms in total. The van der Waals surface area contributed by atoms with Crippen LogP contribution in [0.1, 0.15) is 12.6 Å². The lowest BCUT2D eigenvalue weighted by Gasteiger charge is -2.08. The minimum Gasteiger partial charge on any atom is -0.324 e. The lowest BCUT2D eigenvalue weighted by Crippen LogP contribution is -2.20. The molecule has 0 bridgehead atoms. The zero-order valence-corrected chi connectivity index (χ0v) is 9.76. The Bertz CT molecular complexity index is 375. The molecule has 1 N–H and O–H groups in total. The molecule has 7 heteroatoms. The van der Waals surface area contributed by atoms with E-state index in [1.54, 1.807) is 6.92 Å². The summed E-state index contributed by atoms with van der Waals surface area (Å²) in [6.45, 7) is 1.60. The normalized spacial score (nSPS) is 13.3. The second-order valence-corrected chi connectivity index (χ2v) is 4.41. The summed E-state index contributed by atoms with van der Waals surface area (Å²) in [7, 11) is 0. The summed E-state index contributed by atoms with van der Waals surface area (Å²) in [5, 5.41) is 2.40. The van der Waals surface area contributed by atoms with Gasteiger partial charge in [0.15, 0.2) is 0 Å². The maximum absolute atomic E-state index is 12.2. The summed E-state index contributed by atoms with van der Waals surface area (Å²) in [6.07, 6.45) is -3.50. The number of hydrogen-bond acceptors (Lipinski definition) is 2. The minimum absolute atomic E-state index is 0.226. The molecule has 16 heavy (non-hydrogen) atoms. The highest BCUT2D eigenvalue weighted by molar-refractivity contribution is 9.10. The number of alkyl halides is 4. The summed E-state index contributed by atoms with van der Waals surface area (Å²) >= 11 is 3.03. The Hall–Kier alpha value is -1.11. The number of hydrogen-bond donors (Lipinski definition) is 1. The third-order valence-electron chi connectivity index (χ3n) is 1.68. The zero-order valence-electron chi connectivity index (χ0n) is 8.18. The molecule has 88 valence electrons. The number of aromatic nitrogens is 1. The van der Waals surface area contributed by atoms with Crippen molar-refractivity contribution in [2.75, 3.05) is 5.32 Å². The maximum atomic E-state index is 12.2. The van der Waals surface area contributed by atoms with Crippen LogP contribution in [-0.4, -0.2) is 15.7 Å². The number of halogens is 4. The van der Waals surface area contributed by atoms with Crippen LogP contribution in [0.25, 0.3) is 0 Å². The Morgan fingerprint density at radius 1 is 1.50 bits per heavy atom. The lowest BCUT2D eigenvalue weighted by molar-refractivity contribution is -0.141. The number of rotatable bonds is 2. The predicted molar refractivity (Wildman–Crippen MR) is 56.3 cm³/mol. The average Bonchev–Trinajstić information content (AvgIpc) is 2.17. The first-order valence-electron chi connectivity index (χ1n) is 4.29. The second-order valence-electron chi connectivity index (χ2n) is 3.04. The van der Waals surface area contributed by atoms with Crippen molar-refractivity contribution in [1.82, 2.24) is 4.98 Å². The Morgan fingerprint density at radius 3 is 2.50 bits per heavy atom. The highest BCUT2D eigenvalue weighted by Crippen LogP contribution is 2.27. The molecule has 1 amide bonds. The number of pyridine rings is 1. The van der Waals surface area contributed by atoms with E-state index in [4.69, 9.17) is 0 Å². The first-order chi connectivity index (χ1) is 7.30. The van der Waals surface area contributed by atoms with Gasteiger partial charge in [0.2, 0.25) is 5.91 Å². The van der Waals surface area contributed by atoms with Gasteiger partial charge in [-0.25, -0.2) is 4.98 Å². The Morgan fingerprint density at radius 2 is 2.12 bits per heavy atom. The van der Waals surface area contributed by atoms with Crippen molar-refractivity contribution in [3.8, 4) is 0 Å². The van der Waals surface area contributed by atoms with Crippen molar-refractivity contribution in [3.63, 3.8) is 0 Å². The number of carbonyl (C=O) groups excluding carboxylic acids is 1. The molecule has 0 fully saturated rings. The Kier molecular flexibility index (Phi) is 3.90. The number of nitrogens with zero attached hydrogens (tertiary/aromatic N) is 1. The Balaban J connectivity index is 2.76. The summed E-state index contributed by atoms with van der Waals surface area (Å²) in [5.41, 5.74) is -0.762. The molecule has 0 aromatic carbocycles. The van der Waals surface area contributed by atoms with Crippen molar-refractivity contribution in [3.05, 3.63) is 24.0 Å². The minimum atomic E-state index is -4.47. The van der Waals surface area contributed by atoms with Gasteiger partial charge in [-0.05, 0) is 19.1 Å². The second kappa shape index (κ2) is 4.82. The monoisotopic (exact) mass is 296 g/mol. The van der Waals surface area contributed by atoms with Gasteiger partial charge in [-0.15, -0.1) is 0 Å². The average molecular weight is 297 g/mol. The summed E-state index contributed by atoms with van der Waals surface area (Å²) < 4.78 is 36.5. The first kappa shape index (κ1) is 13.0. The molecule has 1 heterocycles. The van der Waals surface area contributed by atoms with Gasteiger partial charge in [0.1, 0.15) is 5.69 Å². The SMILES string of the molecule is CC(Br)C(=O)Nc1ccc(C(F)(F)F)nc1. The third-order valence-corrected chi connectivity index (χ3v) is 2.10. The van der Waals surface area contributed by atoms with Crippen LogP contribution in [0.5, 0.6) is 0 Å². The van der Waals surface area contributed by atoms with Crippen LogP contribution in [0.3, 0.4) is 0 Å². The highest BCUT2D eigenvalue weighted by atomic mass is 79.9. The number of anilines is 1. The van der Waals surface area contributed by atoms with E-state index in [1.807, 2.05) is 0 Å². The van der Waals surface area contributed by atoms with Crippen molar-refractivity contribution in [2.45, 2.75) is 17.9 Å². The van der Waals surface area contributed by atoms with Gasteiger partial charge < -0.3 is 5.32 Å². The van der Waals surface area contributed by atoms with E-state index in [0.717, 1.165) is 18.3 Å². The van der Waals surface area contributed by atoms with Gasteiger partial charge in [-0.3, -0.25) is 4.79 Å². The fraction of sp³-hybridized carbons (Fsp3) is 0.333. The van der Waals surface area contributed by atoms with E-state index in [1.165, 1.54) is 0 Å². The van der Waals surface area contributed by atoms with E-state index in [0.29, 0.717) is 0 Å². The summed E-state index contributed by atoms with van der Waals surface area (Å²) in [4.78, 5) is 14.0. The van der Waals surface area contributed by atoms with Crippen LogP contribution < -0.4 is 5.32 Å². The first-order valence-corrected chi connectivity index (χ1v) is 5.20. The molecule has 1 rings (SSSR count). The number of nitrogens with one attached hydrogen (secondary N) is 1. The molecule has 0 saturated carbocycles. The standard InChI is InChI=1S/C9H8BrF3N2O/c1-5(10)8(16)15-6-2-3-7(14-4-6)9(11,12)13/h2-5H,1H3,(H,15,16). The van der Waals surface area contributed by atoms with Gasteiger partial charge in [0.25, 0.3) is 0 Å². The van der Waals surface area contributed by atoms with E-state index in [2.05, 4.69) is 26.2 Å². The van der Waals surface area contributed by atoms with E-state index < -0.39 is 16.7 Å². The van der Waals surface area contributed by atoms with Gasteiger partial charge in [-0.1, -0.05) is 15.9 Å². The van der Waals surface area contributed by atoms with Gasteiger partial charge in [0.05, 0.1) is 16.7 Å². The summed E-state index contributed by atoms with van der Waals surface area (Å²) in [6, 6.07) is 1.97. The molecule has 1 aromatic rings. The Labute approximate surface area is 98.2 Å². The van der Waals surface area contributed by atoms with Crippen molar-refractivity contribution >= 4 is 27.5 Å². The van der Waals surface area contributed by atoms with Crippen LogP contribution in [0, 0.1) is 0 Å². The predicted octanol–water partition coefficient (Wildman–Crippen LogP) is 2.82. The molecule has 0 radical (unpaired) electrons. The largest absolute Gasteiger partial charge is 0.433 e.